The maximum Gasteiger partial charge on any atom is 0.254 e. The van der Waals surface area contributed by atoms with Gasteiger partial charge in [-0.05, 0) is 25.7 Å². The van der Waals surface area contributed by atoms with Gasteiger partial charge in [0.2, 0.25) is 0 Å². The predicted molar refractivity (Wildman–Crippen MR) is 88.9 cm³/mol. The minimum atomic E-state index is -0.157. The highest BCUT2D eigenvalue weighted by Crippen LogP contribution is 2.20. The van der Waals surface area contributed by atoms with E-state index in [0.717, 1.165) is 25.9 Å². The summed E-state index contributed by atoms with van der Waals surface area (Å²) in [6.45, 7) is 4.00. The molecule has 0 aliphatic carbocycles. The van der Waals surface area contributed by atoms with Gasteiger partial charge in [0.05, 0.1) is 17.6 Å². The number of nitrogens with one attached hydrogen (secondary N) is 2. The molecule has 0 spiro atoms. The van der Waals surface area contributed by atoms with Gasteiger partial charge in [0, 0.05) is 31.9 Å². The van der Waals surface area contributed by atoms with Crippen LogP contribution in [0.25, 0.3) is 0 Å². The molecule has 0 saturated carbocycles. The largest absolute Gasteiger partial charge is 0.356 e. The molecule has 2 aromatic heterocycles. The van der Waals surface area contributed by atoms with Crippen molar-refractivity contribution in [2.75, 3.05) is 24.5 Å². The summed E-state index contributed by atoms with van der Waals surface area (Å²) < 4.78 is 0. The van der Waals surface area contributed by atoms with Gasteiger partial charge in [0.25, 0.3) is 11.5 Å². The Bertz CT molecular complexity index is 775. The molecule has 2 aromatic rings. The lowest BCUT2D eigenvalue weighted by Crippen LogP contribution is -2.41. The number of hydrogen-bond acceptors (Lipinski definition) is 6. The number of amides is 1. The number of hydrogen-bond donors (Lipinski definition) is 2. The molecule has 1 saturated heterocycles. The zero-order valence-corrected chi connectivity index (χ0v) is 13.5. The first-order valence-electron chi connectivity index (χ1n) is 7.98. The van der Waals surface area contributed by atoms with Gasteiger partial charge in [-0.2, -0.15) is 0 Å². The van der Waals surface area contributed by atoms with Gasteiger partial charge in [-0.15, -0.1) is 0 Å². The Morgan fingerprint density at radius 2 is 2.33 bits per heavy atom. The smallest absolute Gasteiger partial charge is 0.254 e. The van der Waals surface area contributed by atoms with Crippen LogP contribution in [0.3, 0.4) is 0 Å². The molecule has 0 aromatic carbocycles. The van der Waals surface area contributed by atoms with Gasteiger partial charge in [-0.3, -0.25) is 9.59 Å². The Morgan fingerprint density at radius 3 is 3.12 bits per heavy atom. The van der Waals surface area contributed by atoms with E-state index in [1.165, 1.54) is 24.9 Å². The Hall–Kier alpha value is -2.77. The third-order valence-electron chi connectivity index (χ3n) is 4.21. The van der Waals surface area contributed by atoms with Crippen LogP contribution in [-0.4, -0.2) is 45.5 Å². The minimum Gasteiger partial charge on any atom is -0.356 e. The molecule has 1 fully saturated rings. The van der Waals surface area contributed by atoms with Crippen LogP contribution in [0.4, 0.5) is 5.82 Å². The normalized spacial score (nSPS) is 17.5. The van der Waals surface area contributed by atoms with Crippen molar-refractivity contribution in [2.24, 2.45) is 5.92 Å². The first-order chi connectivity index (χ1) is 11.6. The van der Waals surface area contributed by atoms with E-state index >= 15 is 0 Å². The highest BCUT2D eigenvalue weighted by atomic mass is 16.1. The SMILES string of the molecule is Cc1ncncc1C(=O)NCC1CCCN(c2cc(=O)[nH]cn2)C1. The zero-order chi connectivity index (χ0) is 16.9. The van der Waals surface area contributed by atoms with E-state index in [4.69, 9.17) is 0 Å². The lowest BCUT2D eigenvalue weighted by molar-refractivity contribution is 0.0944. The Balaban J connectivity index is 1.59. The number of nitrogens with zero attached hydrogens (tertiary/aromatic N) is 4. The third kappa shape index (κ3) is 3.76. The molecule has 1 aliphatic rings. The second kappa shape index (κ2) is 7.20. The van der Waals surface area contributed by atoms with Crippen LogP contribution in [0.5, 0.6) is 0 Å². The number of anilines is 1. The first kappa shape index (κ1) is 16.1. The number of carbonyl (C=O) groups excluding carboxylic acids is 1. The summed E-state index contributed by atoms with van der Waals surface area (Å²) in [4.78, 5) is 40.4. The first-order valence-corrected chi connectivity index (χ1v) is 7.98. The van der Waals surface area contributed by atoms with Gasteiger partial charge in [-0.25, -0.2) is 15.0 Å². The van der Waals surface area contributed by atoms with Crippen molar-refractivity contribution >= 4 is 11.7 Å². The highest BCUT2D eigenvalue weighted by molar-refractivity contribution is 5.94. The lowest BCUT2D eigenvalue weighted by atomic mass is 9.98. The highest BCUT2D eigenvalue weighted by Gasteiger charge is 2.22. The summed E-state index contributed by atoms with van der Waals surface area (Å²) in [5, 5.41) is 2.96. The third-order valence-corrected chi connectivity index (χ3v) is 4.21. The van der Waals surface area contributed by atoms with Crippen molar-refractivity contribution in [2.45, 2.75) is 19.8 Å². The van der Waals surface area contributed by atoms with E-state index in [1.807, 2.05) is 0 Å². The fourth-order valence-electron chi connectivity index (χ4n) is 2.92. The number of aromatic nitrogens is 4. The van der Waals surface area contributed by atoms with Crippen molar-refractivity contribution in [1.82, 2.24) is 25.3 Å². The Morgan fingerprint density at radius 1 is 1.46 bits per heavy atom. The summed E-state index contributed by atoms with van der Waals surface area (Å²) in [5.74, 6) is 0.843. The van der Waals surface area contributed by atoms with Gasteiger partial charge >= 0.3 is 0 Å². The van der Waals surface area contributed by atoms with E-state index in [2.05, 4.69) is 30.2 Å². The van der Waals surface area contributed by atoms with Gasteiger partial charge in [0.15, 0.2) is 0 Å². The molecule has 8 nitrogen and oxygen atoms in total. The molecule has 126 valence electrons. The molecular formula is C16H20N6O2. The van der Waals surface area contributed by atoms with Crippen molar-refractivity contribution in [3.05, 3.63) is 46.5 Å². The zero-order valence-electron chi connectivity index (χ0n) is 13.5. The maximum atomic E-state index is 12.2. The summed E-state index contributed by atoms with van der Waals surface area (Å²) >= 11 is 0. The standard InChI is InChI=1S/C16H20N6O2/c1-11-13(7-17-9-19-11)16(24)18-6-12-3-2-4-22(8-12)14-5-15(23)21-10-20-14/h5,7,9-10,12H,2-4,6,8H2,1H3,(H,18,24)(H,20,21,23). The summed E-state index contributed by atoms with van der Waals surface area (Å²) in [7, 11) is 0. The van der Waals surface area contributed by atoms with Gasteiger partial charge in [0.1, 0.15) is 12.1 Å². The molecule has 8 heteroatoms. The number of carbonyl (C=O) groups is 1. The molecule has 1 atom stereocenters. The van der Waals surface area contributed by atoms with Crippen LogP contribution in [0.15, 0.2) is 29.7 Å². The van der Waals surface area contributed by atoms with Crippen molar-refractivity contribution in [3.63, 3.8) is 0 Å². The molecule has 1 aliphatic heterocycles. The number of aromatic amines is 1. The predicted octanol–water partition coefficient (Wildman–Crippen LogP) is 0.515. The molecular weight excluding hydrogens is 308 g/mol. The summed E-state index contributed by atoms with van der Waals surface area (Å²) in [5.41, 5.74) is 1.01. The molecule has 0 bridgehead atoms. The lowest BCUT2D eigenvalue weighted by Gasteiger charge is -2.33. The molecule has 1 amide bonds. The average molecular weight is 328 g/mol. The molecule has 1 unspecified atom stereocenters. The summed E-state index contributed by atoms with van der Waals surface area (Å²) in [6.07, 6.45) is 6.42. The minimum absolute atomic E-state index is 0.153. The Labute approximate surface area is 139 Å². The van der Waals surface area contributed by atoms with Crippen molar-refractivity contribution < 1.29 is 4.79 Å². The van der Waals surface area contributed by atoms with Gasteiger partial charge in [-0.1, -0.05) is 0 Å². The average Bonchev–Trinajstić information content (AvgIpc) is 2.60. The number of H-pyrrole nitrogens is 1. The molecule has 0 radical (unpaired) electrons. The van der Waals surface area contributed by atoms with E-state index in [1.54, 1.807) is 6.92 Å². The van der Waals surface area contributed by atoms with Crippen LogP contribution < -0.4 is 15.8 Å². The molecule has 3 heterocycles. The maximum absolute atomic E-state index is 12.2. The Kier molecular flexibility index (Phi) is 4.83. The molecule has 24 heavy (non-hydrogen) atoms. The summed E-state index contributed by atoms with van der Waals surface area (Å²) in [6, 6.07) is 1.51. The van der Waals surface area contributed by atoms with E-state index in [9.17, 15) is 9.59 Å². The number of aryl methyl sites for hydroxylation is 1. The fraction of sp³-hybridized carbons (Fsp3) is 0.438. The fourth-order valence-corrected chi connectivity index (χ4v) is 2.92. The van der Waals surface area contributed by atoms with Crippen LogP contribution in [0, 0.1) is 12.8 Å². The monoisotopic (exact) mass is 328 g/mol. The van der Waals surface area contributed by atoms with Crippen LogP contribution in [0.2, 0.25) is 0 Å². The van der Waals surface area contributed by atoms with E-state index in [-0.39, 0.29) is 11.5 Å². The van der Waals surface area contributed by atoms with Crippen molar-refractivity contribution in [3.8, 4) is 0 Å². The number of rotatable bonds is 4. The van der Waals surface area contributed by atoms with Crippen molar-refractivity contribution in [1.29, 1.82) is 0 Å². The topological polar surface area (TPSA) is 104 Å². The van der Waals surface area contributed by atoms with Crippen LogP contribution >= 0.6 is 0 Å². The molecule has 2 N–H and O–H groups in total. The van der Waals surface area contributed by atoms with E-state index < -0.39 is 0 Å². The second-order valence-electron chi connectivity index (χ2n) is 5.96. The van der Waals surface area contributed by atoms with Crippen LogP contribution in [-0.2, 0) is 0 Å². The number of piperidine rings is 1. The molecule has 3 rings (SSSR count). The quantitative estimate of drug-likeness (QED) is 0.848. The second-order valence-corrected chi connectivity index (χ2v) is 5.96. The van der Waals surface area contributed by atoms with Crippen LogP contribution in [0.1, 0.15) is 28.9 Å². The van der Waals surface area contributed by atoms with E-state index in [0.29, 0.717) is 29.5 Å². The van der Waals surface area contributed by atoms with Gasteiger partial charge < -0.3 is 15.2 Å².